The first-order valence-corrected chi connectivity index (χ1v) is 9.06. The molecule has 0 saturated heterocycles. The molecule has 4 heteroatoms. The van der Waals surface area contributed by atoms with Gasteiger partial charge in [0.25, 0.3) is 0 Å². The van der Waals surface area contributed by atoms with Crippen LogP contribution in [-0.4, -0.2) is 23.3 Å². The molecule has 1 saturated carbocycles. The minimum atomic E-state index is 0.473. The van der Waals surface area contributed by atoms with Gasteiger partial charge in [0.05, 0.1) is 0 Å². The molecule has 1 fully saturated rings. The van der Waals surface area contributed by atoms with E-state index in [-0.39, 0.29) is 0 Å². The third-order valence-electron chi connectivity index (χ3n) is 4.84. The normalized spacial score (nSPS) is 28.5. The molecule has 3 atom stereocenters. The average Bonchev–Trinajstić information content (AvgIpc) is 2.91. The Morgan fingerprint density at radius 2 is 2.26 bits per heavy atom. The van der Waals surface area contributed by atoms with Crippen LogP contribution in [0.4, 0.5) is 0 Å². The molecule has 0 aliphatic heterocycles. The Labute approximate surface area is 125 Å². The SMILES string of the molecule is CCC(C)(C)C1CCC(NC)C(Sc2nccs2)C1. The number of nitrogens with one attached hydrogen (secondary N) is 1. The van der Waals surface area contributed by atoms with Gasteiger partial charge in [-0.2, -0.15) is 0 Å². The third kappa shape index (κ3) is 3.73. The monoisotopic (exact) mass is 298 g/mol. The lowest BCUT2D eigenvalue weighted by molar-refractivity contribution is 0.142. The maximum absolute atomic E-state index is 4.44. The van der Waals surface area contributed by atoms with Crippen molar-refractivity contribution in [3.8, 4) is 0 Å². The van der Waals surface area contributed by atoms with Crippen molar-refractivity contribution < 1.29 is 0 Å². The fraction of sp³-hybridized carbons (Fsp3) is 0.800. The highest BCUT2D eigenvalue weighted by Crippen LogP contribution is 2.45. The molecule has 2 nitrogen and oxygen atoms in total. The van der Waals surface area contributed by atoms with Gasteiger partial charge < -0.3 is 5.32 Å². The largest absolute Gasteiger partial charge is 0.316 e. The van der Waals surface area contributed by atoms with Crippen LogP contribution in [0.15, 0.2) is 15.9 Å². The fourth-order valence-corrected chi connectivity index (χ4v) is 5.25. The minimum Gasteiger partial charge on any atom is -0.316 e. The van der Waals surface area contributed by atoms with Gasteiger partial charge in [-0.25, -0.2) is 4.98 Å². The zero-order valence-electron chi connectivity index (χ0n) is 12.5. The smallest absolute Gasteiger partial charge is 0.150 e. The van der Waals surface area contributed by atoms with Crippen molar-refractivity contribution in [1.29, 1.82) is 0 Å². The Morgan fingerprint density at radius 3 is 2.84 bits per heavy atom. The molecule has 108 valence electrons. The first-order chi connectivity index (χ1) is 9.06. The van der Waals surface area contributed by atoms with E-state index in [9.17, 15) is 0 Å². The van der Waals surface area contributed by atoms with E-state index < -0.39 is 0 Å². The van der Waals surface area contributed by atoms with E-state index in [0.717, 1.165) is 5.92 Å². The van der Waals surface area contributed by atoms with Gasteiger partial charge in [-0.3, -0.25) is 0 Å². The van der Waals surface area contributed by atoms with Crippen LogP contribution in [0.3, 0.4) is 0 Å². The van der Waals surface area contributed by atoms with Crippen molar-refractivity contribution in [2.24, 2.45) is 11.3 Å². The molecule has 3 unspecified atom stereocenters. The van der Waals surface area contributed by atoms with E-state index in [1.54, 1.807) is 11.3 Å². The summed E-state index contributed by atoms with van der Waals surface area (Å²) < 4.78 is 1.22. The molecule has 1 aliphatic rings. The fourth-order valence-electron chi connectivity index (χ4n) is 2.99. The topological polar surface area (TPSA) is 24.9 Å². The predicted octanol–water partition coefficient (Wildman–Crippen LogP) is 4.43. The van der Waals surface area contributed by atoms with Crippen LogP contribution >= 0.6 is 23.1 Å². The van der Waals surface area contributed by atoms with Crippen molar-refractivity contribution in [1.82, 2.24) is 10.3 Å². The quantitative estimate of drug-likeness (QED) is 0.870. The van der Waals surface area contributed by atoms with Crippen LogP contribution in [-0.2, 0) is 0 Å². The van der Waals surface area contributed by atoms with Gasteiger partial charge in [-0.1, -0.05) is 39.0 Å². The maximum atomic E-state index is 4.44. The lowest BCUT2D eigenvalue weighted by Gasteiger charge is -2.42. The summed E-state index contributed by atoms with van der Waals surface area (Å²) in [6.45, 7) is 7.19. The molecule has 1 N–H and O–H groups in total. The number of thioether (sulfide) groups is 1. The maximum Gasteiger partial charge on any atom is 0.150 e. The summed E-state index contributed by atoms with van der Waals surface area (Å²) in [6.07, 6.45) is 7.17. The molecule has 1 heterocycles. The molecule has 1 aliphatic carbocycles. The zero-order chi connectivity index (χ0) is 13.9. The van der Waals surface area contributed by atoms with Crippen molar-refractivity contribution in [2.45, 2.75) is 62.1 Å². The summed E-state index contributed by atoms with van der Waals surface area (Å²) in [5, 5.41) is 6.26. The van der Waals surface area contributed by atoms with E-state index in [4.69, 9.17) is 0 Å². The predicted molar refractivity (Wildman–Crippen MR) is 86.0 cm³/mol. The van der Waals surface area contributed by atoms with Crippen LogP contribution < -0.4 is 5.32 Å². The highest BCUT2D eigenvalue weighted by atomic mass is 32.2. The summed E-state index contributed by atoms with van der Waals surface area (Å²) >= 11 is 3.75. The summed E-state index contributed by atoms with van der Waals surface area (Å²) in [6, 6.07) is 0.637. The summed E-state index contributed by atoms with van der Waals surface area (Å²) in [7, 11) is 2.10. The minimum absolute atomic E-state index is 0.473. The second-order valence-electron chi connectivity index (χ2n) is 6.20. The molecule has 1 aromatic rings. The van der Waals surface area contributed by atoms with Crippen LogP contribution in [0, 0.1) is 11.3 Å². The molecular weight excluding hydrogens is 272 g/mol. The molecule has 2 rings (SSSR count). The van der Waals surface area contributed by atoms with Gasteiger partial charge in [-0.05, 0) is 37.6 Å². The molecular formula is C15H26N2S2. The molecule has 0 radical (unpaired) electrons. The van der Waals surface area contributed by atoms with Gasteiger partial charge in [0.2, 0.25) is 0 Å². The highest BCUT2D eigenvalue weighted by Gasteiger charge is 2.37. The Morgan fingerprint density at radius 1 is 1.47 bits per heavy atom. The Balaban J connectivity index is 2.04. The second-order valence-corrected chi connectivity index (χ2v) is 8.58. The van der Waals surface area contributed by atoms with Crippen LogP contribution in [0.5, 0.6) is 0 Å². The summed E-state index contributed by atoms with van der Waals surface area (Å²) in [5.74, 6) is 0.847. The Bertz CT molecular complexity index is 376. The lowest BCUT2D eigenvalue weighted by Crippen LogP contribution is -2.43. The molecule has 1 aromatic heterocycles. The molecule has 0 spiro atoms. The first kappa shape index (κ1) is 15.3. The lowest BCUT2D eigenvalue weighted by atomic mass is 9.68. The van der Waals surface area contributed by atoms with Crippen molar-refractivity contribution in [3.05, 3.63) is 11.6 Å². The van der Waals surface area contributed by atoms with Gasteiger partial charge in [-0.15, -0.1) is 11.3 Å². The van der Waals surface area contributed by atoms with E-state index in [1.165, 1.54) is 30.0 Å². The van der Waals surface area contributed by atoms with E-state index in [1.807, 2.05) is 18.0 Å². The van der Waals surface area contributed by atoms with E-state index >= 15 is 0 Å². The number of hydrogen-bond donors (Lipinski definition) is 1. The summed E-state index contributed by atoms with van der Waals surface area (Å²) in [5.41, 5.74) is 0.473. The number of nitrogens with zero attached hydrogens (tertiary/aromatic N) is 1. The average molecular weight is 299 g/mol. The van der Waals surface area contributed by atoms with Crippen molar-refractivity contribution in [2.75, 3.05) is 7.05 Å². The second kappa shape index (κ2) is 6.59. The molecule has 0 aromatic carbocycles. The Hall–Kier alpha value is -0.0600. The zero-order valence-corrected chi connectivity index (χ0v) is 14.1. The van der Waals surface area contributed by atoms with Crippen LogP contribution in [0.2, 0.25) is 0 Å². The number of rotatable bonds is 5. The molecule has 19 heavy (non-hydrogen) atoms. The number of aromatic nitrogens is 1. The third-order valence-corrected chi connectivity index (χ3v) is 7.11. The summed E-state index contributed by atoms with van der Waals surface area (Å²) in [4.78, 5) is 4.44. The van der Waals surface area contributed by atoms with E-state index in [0.29, 0.717) is 16.7 Å². The van der Waals surface area contributed by atoms with Gasteiger partial charge in [0.15, 0.2) is 0 Å². The van der Waals surface area contributed by atoms with Crippen LogP contribution in [0.25, 0.3) is 0 Å². The van der Waals surface area contributed by atoms with Crippen molar-refractivity contribution in [3.63, 3.8) is 0 Å². The van der Waals surface area contributed by atoms with Gasteiger partial charge in [0, 0.05) is 22.9 Å². The molecule has 0 amide bonds. The Kier molecular flexibility index (Phi) is 5.32. The highest BCUT2D eigenvalue weighted by molar-refractivity contribution is 8.01. The van der Waals surface area contributed by atoms with Crippen molar-refractivity contribution >= 4 is 23.1 Å². The van der Waals surface area contributed by atoms with Crippen LogP contribution in [0.1, 0.15) is 46.5 Å². The molecule has 0 bridgehead atoms. The van der Waals surface area contributed by atoms with E-state index in [2.05, 4.69) is 43.5 Å². The number of hydrogen-bond acceptors (Lipinski definition) is 4. The van der Waals surface area contributed by atoms with Gasteiger partial charge >= 0.3 is 0 Å². The number of thiazole rings is 1. The first-order valence-electron chi connectivity index (χ1n) is 7.30. The standard InChI is InChI=1S/C15H26N2S2/c1-5-15(2,3)11-6-7-12(16-4)13(10-11)19-14-17-8-9-18-14/h8-9,11-13,16H,5-7,10H2,1-4H3. The van der Waals surface area contributed by atoms with Gasteiger partial charge in [0.1, 0.15) is 4.34 Å².